The fourth-order valence-electron chi connectivity index (χ4n) is 3.27. The standard InChI is InChI=1S/C22H22BrIN4O3S/c1-15-12-17(16(2)28(15)21-7-5-4-6-20(21)23)13-25-26-22(29)14-27(32(3,30)31)19-10-8-18(24)9-11-19/h4-13H,14H2,1-3H3,(H,26,29)/b25-13-. The van der Waals surface area contributed by atoms with Crippen LogP contribution in [0.3, 0.4) is 0 Å². The molecule has 0 aliphatic carbocycles. The Bertz CT molecular complexity index is 1270. The van der Waals surface area contributed by atoms with Crippen LogP contribution in [-0.2, 0) is 14.8 Å². The number of nitrogens with zero attached hydrogens (tertiary/aromatic N) is 3. The molecule has 10 heteroatoms. The predicted molar refractivity (Wildman–Crippen MR) is 140 cm³/mol. The lowest BCUT2D eigenvalue weighted by atomic mass is 10.2. The van der Waals surface area contributed by atoms with Crippen LogP contribution in [0.1, 0.15) is 17.0 Å². The molecule has 0 spiro atoms. The fraction of sp³-hybridized carbons (Fsp3) is 0.182. The smallest absolute Gasteiger partial charge is 0.260 e. The van der Waals surface area contributed by atoms with Crippen LogP contribution in [0, 0.1) is 17.4 Å². The van der Waals surface area contributed by atoms with Gasteiger partial charge in [-0.2, -0.15) is 5.10 Å². The molecule has 0 saturated heterocycles. The van der Waals surface area contributed by atoms with E-state index in [-0.39, 0.29) is 6.54 Å². The highest BCUT2D eigenvalue weighted by molar-refractivity contribution is 14.1. The van der Waals surface area contributed by atoms with Gasteiger partial charge in [0.05, 0.1) is 23.8 Å². The highest BCUT2D eigenvalue weighted by Crippen LogP contribution is 2.26. The number of nitrogens with one attached hydrogen (secondary N) is 1. The zero-order chi connectivity index (χ0) is 23.5. The van der Waals surface area contributed by atoms with Gasteiger partial charge in [-0.3, -0.25) is 9.10 Å². The summed E-state index contributed by atoms with van der Waals surface area (Å²) in [4.78, 5) is 12.4. The number of aryl methyl sites for hydroxylation is 1. The average molecular weight is 629 g/mol. The predicted octanol–water partition coefficient (Wildman–Crippen LogP) is 4.38. The molecule has 0 atom stereocenters. The second-order valence-electron chi connectivity index (χ2n) is 7.15. The van der Waals surface area contributed by atoms with Crippen molar-refractivity contribution in [2.75, 3.05) is 17.1 Å². The van der Waals surface area contributed by atoms with Gasteiger partial charge in [0, 0.05) is 25.0 Å². The fourth-order valence-corrected chi connectivity index (χ4v) is 4.95. The van der Waals surface area contributed by atoms with Crippen LogP contribution in [-0.4, -0.2) is 37.9 Å². The molecule has 0 bridgehead atoms. The largest absolute Gasteiger partial charge is 0.317 e. The molecular weight excluding hydrogens is 607 g/mol. The number of sulfonamides is 1. The number of hydrazone groups is 1. The number of hydrogen-bond donors (Lipinski definition) is 1. The monoisotopic (exact) mass is 628 g/mol. The molecule has 1 N–H and O–H groups in total. The van der Waals surface area contributed by atoms with E-state index in [0.717, 1.165) is 41.2 Å². The van der Waals surface area contributed by atoms with Gasteiger partial charge < -0.3 is 4.57 Å². The van der Waals surface area contributed by atoms with Crippen molar-refractivity contribution in [3.63, 3.8) is 0 Å². The summed E-state index contributed by atoms with van der Waals surface area (Å²) in [6.45, 7) is 3.60. The third-order valence-electron chi connectivity index (χ3n) is 4.76. The molecule has 1 amide bonds. The Morgan fingerprint density at radius 1 is 1.19 bits per heavy atom. The van der Waals surface area contributed by atoms with Crippen LogP contribution in [0.4, 0.5) is 5.69 Å². The van der Waals surface area contributed by atoms with Crippen molar-refractivity contribution in [3.8, 4) is 5.69 Å². The van der Waals surface area contributed by atoms with E-state index in [0.29, 0.717) is 5.69 Å². The number of anilines is 1. The zero-order valence-electron chi connectivity index (χ0n) is 17.7. The summed E-state index contributed by atoms with van der Waals surface area (Å²) in [5.74, 6) is -0.537. The van der Waals surface area contributed by atoms with E-state index in [2.05, 4.69) is 53.6 Å². The summed E-state index contributed by atoms with van der Waals surface area (Å²) in [6, 6.07) is 16.8. The Hall–Kier alpha value is -2.18. The quantitative estimate of drug-likeness (QED) is 0.240. The van der Waals surface area contributed by atoms with Crippen LogP contribution >= 0.6 is 38.5 Å². The lowest BCUT2D eigenvalue weighted by molar-refractivity contribution is -0.119. The van der Waals surface area contributed by atoms with Crippen molar-refractivity contribution >= 4 is 66.4 Å². The van der Waals surface area contributed by atoms with Crippen LogP contribution in [0.2, 0.25) is 0 Å². The molecule has 3 aromatic rings. The number of para-hydroxylation sites is 1. The van der Waals surface area contributed by atoms with Gasteiger partial charge in [0.15, 0.2) is 0 Å². The first kappa shape index (κ1) is 24.5. The number of amides is 1. The van der Waals surface area contributed by atoms with Crippen LogP contribution in [0.5, 0.6) is 0 Å². The average Bonchev–Trinajstić information content (AvgIpc) is 3.00. The summed E-state index contributed by atoms with van der Waals surface area (Å²) in [5.41, 5.74) is 6.68. The van der Waals surface area contributed by atoms with Crippen molar-refractivity contribution in [2.45, 2.75) is 13.8 Å². The van der Waals surface area contributed by atoms with Crippen molar-refractivity contribution < 1.29 is 13.2 Å². The van der Waals surface area contributed by atoms with Gasteiger partial charge in [-0.15, -0.1) is 0 Å². The lowest BCUT2D eigenvalue weighted by Gasteiger charge is -2.21. The molecule has 0 radical (unpaired) electrons. The lowest BCUT2D eigenvalue weighted by Crippen LogP contribution is -2.39. The Morgan fingerprint density at radius 2 is 1.84 bits per heavy atom. The summed E-state index contributed by atoms with van der Waals surface area (Å²) in [5, 5.41) is 4.04. The Morgan fingerprint density at radius 3 is 2.47 bits per heavy atom. The molecular formula is C22H22BrIN4O3S. The van der Waals surface area contributed by atoms with Gasteiger partial charge in [-0.1, -0.05) is 12.1 Å². The van der Waals surface area contributed by atoms with E-state index in [9.17, 15) is 13.2 Å². The zero-order valence-corrected chi connectivity index (χ0v) is 22.3. The first-order chi connectivity index (χ1) is 15.1. The van der Waals surface area contributed by atoms with Crippen LogP contribution < -0.4 is 9.73 Å². The van der Waals surface area contributed by atoms with Crippen molar-refractivity contribution in [1.29, 1.82) is 0 Å². The molecule has 2 aromatic carbocycles. The minimum absolute atomic E-state index is 0.368. The number of halogens is 2. The van der Waals surface area contributed by atoms with Gasteiger partial charge in [-0.25, -0.2) is 13.8 Å². The number of hydrogen-bond acceptors (Lipinski definition) is 4. The molecule has 7 nitrogen and oxygen atoms in total. The van der Waals surface area contributed by atoms with E-state index in [4.69, 9.17) is 0 Å². The maximum atomic E-state index is 12.4. The van der Waals surface area contributed by atoms with E-state index in [1.54, 1.807) is 30.5 Å². The van der Waals surface area contributed by atoms with Crippen molar-refractivity contribution in [2.24, 2.45) is 5.10 Å². The summed E-state index contributed by atoms with van der Waals surface area (Å²) in [6.07, 6.45) is 2.63. The molecule has 0 unspecified atom stereocenters. The topological polar surface area (TPSA) is 83.8 Å². The normalized spacial score (nSPS) is 11.7. The molecule has 1 aromatic heterocycles. The second-order valence-corrected chi connectivity index (χ2v) is 11.2. The summed E-state index contributed by atoms with van der Waals surface area (Å²) < 4.78 is 29.5. The van der Waals surface area contributed by atoms with E-state index in [1.807, 2.05) is 44.2 Å². The number of aromatic nitrogens is 1. The molecule has 168 valence electrons. The number of rotatable bonds is 7. The summed E-state index contributed by atoms with van der Waals surface area (Å²) in [7, 11) is -3.64. The van der Waals surface area contributed by atoms with Gasteiger partial charge in [0.25, 0.3) is 5.91 Å². The maximum Gasteiger partial charge on any atom is 0.260 e. The number of carbonyl (C=O) groups is 1. The minimum atomic E-state index is -3.64. The molecule has 32 heavy (non-hydrogen) atoms. The molecule has 0 fully saturated rings. The van der Waals surface area contributed by atoms with Crippen molar-refractivity contribution in [1.82, 2.24) is 9.99 Å². The molecule has 0 aliphatic rings. The highest BCUT2D eigenvalue weighted by Gasteiger charge is 2.20. The Labute approximate surface area is 209 Å². The minimum Gasteiger partial charge on any atom is -0.317 e. The molecule has 0 aliphatic heterocycles. The van der Waals surface area contributed by atoms with Gasteiger partial charge >= 0.3 is 0 Å². The third-order valence-corrected chi connectivity index (χ3v) is 7.29. The van der Waals surface area contributed by atoms with Crippen LogP contribution in [0.15, 0.2) is 64.2 Å². The molecule has 0 saturated carbocycles. The molecule has 1 heterocycles. The van der Waals surface area contributed by atoms with Gasteiger partial charge in [-0.05, 0) is 94.8 Å². The Balaban J connectivity index is 1.74. The van der Waals surface area contributed by atoms with Gasteiger partial charge in [0.2, 0.25) is 10.0 Å². The van der Waals surface area contributed by atoms with Gasteiger partial charge in [0.1, 0.15) is 6.54 Å². The Kier molecular flexibility index (Phi) is 7.78. The SMILES string of the molecule is Cc1cc(/C=N\NC(=O)CN(c2ccc(I)cc2)S(C)(=O)=O)c(C)n1-c1ccccc1Br. The first-order valence-electron chi connectivity index (χ1n) is 9.57. The molecule has 3 rings (SSSR count). The number of carbonyl (C=O) groups excluding carboxylic acids is 1. The first-order valence-corrected chi connectivity index (χ1v) is 13.3. The van der Waals surface area contributed by atoms with E-state index >= 15 is 0 Å². The van der Waals surface area contributed by atoms with Crippen molar-refractivity contribution in [3.05, 3.63) is 79.6 Å². The number of benzene rings is 2. The van der Waals surface area contributed by atoms with E-state index < -0.39 is 15.9 Å². The maximum absolute atomic E-state index is 12.4. The highest BCUT2D eigenvalue weighted by atomic mass is 127. The second kappa shape index (κ2) is 10.2. The third kappa shape index (κ3) is 5.78. The van der Waals surface area contributed by atoms with Crippen LogP contribution in [0.25, 0.3) is 5.69 Å². The van der Waals surface area contributed by atoms with E-state index in [1.165, 1.54) is 0 Å². The summed E-state index contributed by atoms with van der Waals surface area (Å²) >= 11 is 5.71.